The van der Waals surface area contributed by atoms with Crippen molar-refractivity contribution in [3.8, 4) is 5.75 Å². The number of ether oxygens (including phenoxy) is 2. The van der Waals surface area contributed by atoms with Crippen LogP contribution in [-0.2, 0) is 14.3 Å². The van der Waals surface area contributed by atoms with Gasteiger partial charge in [-0.25, -0.2) is 0 Å². The molecule has 0 spiro atoms. The maximum Gasteiger partial charge on any atom is 0.313 e. The molecule has 29 heavy (non-hydrogen) atoms. The Labute approximate surface area is 179 Å². The average molecular weight is 435 g/mol. The molecule has 3 rings (SSSR count). The summed E-state index contributed by atoms with van der Waals surface area (Å²) < 4.78 is 10.4. The van der Waals surface area contributed by atoms with Gasteiger partial charge in [-0.05, 0) is 43.2 Å². The molecule has 1 heterocycles. The minimum Gasteiger partial charge on any atom is -0.495 e. The molecule has 1 aliphatic heterocycles. The standard InChI is InChI=1S/C21H23ClN2O4S/c1-27-18-8-7-15(13-17(18)22)24-20(26)19(25)23-14-21(9-11-28-12-10-21)29-16-5-3-2-4-6-16/h2-8,13H,9-12,14H2,1H3,(H,23,25)(H,24,26). The van der Waals surface area contributed by atoms with Crippen molar-refractivity contribution in [2.75, 3.05) is 32.2 Å². The van der Waals surface area contributed by atoms with Gasteiger partial charge in [0.05, 0.1) is 12.1 Å². The largest absolute Gasteiger partial charge is 0.495 e. The molecular weight excluding hydrogens is 412 g/mol. The Morgan fingerprint density at radius 1 is 1.14 bits per heavy atom. The van der Waals surface area contributed by atoms with Gasteiger partial charge in [0, 0.05) is 35.1 Å². The molecule has 0 aliphatic carbocycles. The highest BCUT2D eigenvalue weighted by atomic mass is 35.5. The van der Waals surface area contributed by atoms with Crippen LogP contribution in [0.4, 0.5) is 5.69 Å². The normalized spacial score (nSPS) is 15.4. The van der Waals surface area contributed by atoms with E-state index in [1.807, 2.05) is 30.3 Å². The van der Waals surface area contributed by atoms with E-state index in [2.05, 4.69) is 10.6 Å². The number of carbonyl (C=O) groups is 2. The van der Waals surface area contributed by atoms with Crippen molar-refractivity contribution in [2.24, 2.45) is 0 Å². The Bertz CT molecular complexity index is 857. The van der Waals surface area contributed by atoms with Gasteiger partial charge in [0.15, 0.2) is 0 Å². The van der Waals surface area contributed by atoms with Gasteiger partial charge in [-0.3, -0.25) is 9.59 Å². The van der Waals surface area contributed by atoms with Crippen LogP contribution in [0.1, 0.15) is 12.8 Å². The lowest BCUT2D eigenvalue weighted by atomic mass is 9.99. The zero-order valence-electron chi connectivity index (χ0n) is 16.1. The summed E-state index contributed by atoms with van der Waals surface area (Å²) in [5.74, 6) is -0.928. The van der Waals surface area contributed by atoms with Gasteiger partial charge in [-0.15, -0.1) is 11.8 Å². The van der Waals surface area contributed by atoms with Crippen LogP contribution in [0.15, 0.2) is 53.4 Å². The van der Waals surface area contributed by atoms with Gasteiger partial charge < -0.3 is 20.1 Å². The van der Waals surface area contributed by atoms with Crippen molar-refractivity contribution in [3.63, 3.8) is 0 Å². The molecular formula is C21H23ClN2O4S. The van der Waals surface area contributed by atoms with Crippen LogP contribution >= 0.6 is 23.4 Å². The number of thioether (sulfide) groups is 1. The minimum atomic E-state index is -0.738. The van der Waals surface area contributed by atoms with E-state index in [0.717, 1.165) is 17.7 Å². The molecule has 0 saturated carbocycles. The van der Waals surface area contributed by atoms with Crippen LogP contribution in [-0.4, -0.2) is 43.4 Å². The number of hydrogen-bond donors (Lipinski definition) is 2. The average Bonchev–Trinajstić information content (AvgIpc) is 2.73. The quantitative estimate of drug-likeness (QED) is 0.677. The Balaban J connectivity index is 1.60. The fourth-order valence-corrected chi connectivity index (χ4v) is 4.62. The second-order valence-electron chi connectivity index (χ2n) is 6.70. The summed E-state index contributed by atoms with van der Waals surface area (Å²) in [4.78, 5) is 25.8. The van der Waals surface area contributed by atoms with Crippen LogP contribution in [0, 0.1) is 0 Å². The fraction of sp³-hybridized carbons (Fsp3) is 0.333. The lowest BCUT2D eigenvalue weighted by Crippen LogP contribution is -2.47. The molecule has 8 heteroatoms. The molecule has 0 radical (unpaired) electrons. The fourth-order valence-electron chi connectivity index (χ4n) is 3.05. The second-order valence-corrected chi connectivity index (χ2v) is 8.65. The summed E-state index contributed by atoms with van der Waals surface area (Å²) in [6.45, 7) is 1.64. The number of amides is 2. The number of carbonyl (C=O) groups excluding carboxylic acids is 2. The number of benzene rings is 2. The van der Waals surface area contributed by atoms with Crippen molar-refractivity contribution >= 4 is 40.9 Å². The van der Waals surface area contributed by atoms with Crippen molar-refractivity contribution in [3.05, 3.63) is 53.6 Å². The summed E-state index contributed by atoms with van der Waals surface area (Å²) in [7, 11) is 1.51. The molecule has 0 atom stereocenters. The van der Waals surface area contributed by atoms with Gasteiger partial charge in [-0.2, -0.15) is 0 Å². The molecule has 0 aromatic heterocycles. The molecule has 1 fully saturated rings. The lowest BCUT2D eigenvalue weighted by molar-refractivity contribution is -0.136. The molecule has 1 aliphatic rings. The van der Waals surface area contributed by atoms with Crippen molar-refractivity contribution in [1.29, 1.82) is 0 Å². The van der Waals surface area contributed by atoms with E-state index >= 15 is 0 Å². The Kier molecular flexibility index (Phi) is 7.41. The molecule has 1 saturated heterocycles. The van der Waals surface area contributed by atoms with Crippen LogP contribution in [0.2, 0.25) is 5.02 Å². The highest BCUT2D eigenvalue weighted by molar-refractivity contribution is 8.00. The summed E-state index contributed by atoms with van der Waals surface area (Å²) in [6, 6.07) is 14.8. The third-order valence-electron chi connectivity index (χ3n) is 4.67. The van der Waals surface area contributed by atoms with E-state index < -0.39 is 11.8 Å². The van der Waals surface area contributed by atoms with Gasteiger partial charge in [0.2, 0.25) is 0 Å². The van der Waals surface area contributed by atoms with E-state index in [4.69, 9.17) is 21.1 Å². The van der Waals surface area contributed by atoms with Crippen molar-refractivity contribution in [1.82, 2.24) is 5.32 Å². The molecule has 2 amide bonds. The third-order valence-corrected chi connectivity index (χ3v) is 6.46. The Morgan fingerprint density at radius 2 is 1.86 bits per heavy atom. The highest BCUT2D eigenvalue weighted by Crippen LogP contribution is 2.40. The topological polar surface area (TPSA) is 76.7 Å². The van der Waals surface area contributed by atoms with Gasteiger partial charge >= 0.3 is 11.8 Å². The first-order chi connectivity index (χ1) is 14.0. The number of nitrogens with one attached hydrogen (secondary N) is 2. The maximum atomic E-state index is 12.4. The molecule has 0 unspecified atom stereocenters. The monoisotopic (exact) mass is 434 g/mol. The van der Waals surface area contributed by atoms with Crippen molar-refractivity contribution in [2.45, 2.75) is 22.5 Å². The van der Waals surface area contributed by atoms with Crippen LogP contribution in [0.25, 0.3) is 0 Å². The third kappa shape index (κ3) is 5.88. The SMILES string of the molecule is COc1ccc(NC(=O)C(=O)NCC2(Sc3ccccc3)CCOCC2)cc1Cl. The minimum absolute atomic E-state index is 0.209. The summed E-state index contributed by atoms with van der Waals surface area (Å²) in [5, 5.41) is 5.70. The number of rotatable bonds is 6. The van der Waals surface area contributed by atoms with Crippen LogP contribution in [0.3, 0.4) is 0 Å². The van der Waals surface area contributed by atoms with Crippen molar-refractivity contribution < 1.29 is 19.1 Å². The zero-order chi connectivity index (χ0) is 20.7. The summed E-state index contributed by atoms with van der Waals surface area (Å²) >= 11 is 7.78. The number of hydrogen-bond acceptors (Lipinski definition) is 5. The molecule has 2 N–H and O–H groups in total. The van der Waals surface area contributed by atoms with Crippen LogP contribution < -0.4 is 15.4 Å². The van der Waals surface area contributed by atoms with Gasteiger partial charge in [-0.1, -0.05) is 29.8 Å². The van der Waals surface area contributed by atoms with Crippen LogP contribution in [0.5, 0.6) is 5.75 Å². The van der Waals surface area contributed by atoms with E-state index in [9.17, 15) is 9.59 Å². The smallest absolute Gasteiger partial charge is 0.313 e. The van der Waals surface area contributed by atoms with E-state index in [0.29, 0.717) is 36.2 Å². The first-order valence-electron chi connectivity index (χ1n) is 9.26. The summed E-state index contributed by atoms with van der Waals surface area (Å²) in [5.41, 5.74) is 0.426. The molecule has 2 aromatic carbocycles. The molecule has 2 aromatic rings. The Morgan fingerprint density at radius 3 is 2.52 bits per heavy atom. The van der Waals surface area contributed by atoms with E-state index in [-0.39, 0.29) is 4.75 Å². The van der Waals surface area contributed by atoms with Gasteiger partial charge in [0.25, 0.3) is 0 Å². The Hall–Kier alpha value is -2.22. The summed E-state index contributed by atoms with van der Waals surface area (Å²) in [6.07, 6.45) is 1.59. The number of anilines is 1. The number of halogens is 1. The van der Waals surface area contributed by atoms with E-state index in [1.54, 1.807) is 23.9 Å². The first kappa shape index (κ1) is 21.5. The first-order valence-corrected chi connectivity index (χ1v) is 10.5. The zero-order valence-corrected chi connectivity index (χ0v) is 17.6. The lowest BCUT2D eigenvalue weighted by Gasteiger charge is -2.36. The highest BCUT2D eigenvalue weighted by Gasteiger charge is 2.34. The molecule has 154 valence electrons. The molecule has 0 bridgehead atoms. The predicted octanol–water partition coefficient (Wildman–Crippen LogP) is 3.74. The predicted molar refractivity (Wildman–Crippen MR) is 115 cm³/mol. The molecule has 6 nitrogen and oxygen atoms in total. The number of methoxy groups -OCH3 is 1. The maximum absolute atomic E-state index is 12.4. The second kappa shape index (κ2) is 10.0. The van der Waals surface area contributed by atoms with E-state index in [1.165, 1.54) is 13.2 Å². The van der Waals surface area contributed by atoms with Gasteiger partial charge in [0.1, 0.15) is 5.75 Å².